The van der Waals surface area contributed by atoms with Crippen LogP contribution in [0.5, 0.6) is 0 Å². The van der Waals surface area contributed by atoms with Crippen molar-refractivity contribution in [2.75, 3.05) is 0 Å². The van der Waals surface area contributed by atoms with Crippen LogP contribution in [0.2, 0.25) is 0 Å². The van der Waals surface area contributed by atoms with E-state index in [1.54, 1.807) is 6.92 Å². The maximum absolute atomic E-state index is 12.0. The van der Waals surface area contributed by atoms with Crippen LogP contribution in [0.4, 0.5) is 11.4 Å². The number of halogens is 1. The third-order valence-electron chi connectivity index (χ3n) is 3.81. The van der Waals surface area contributed by atoms with Gasteiger partial charge in [0.25, 0.3) is 5.56 Å². The van der Waals surface area contributed by atoms with Crippen LogP contribution in [-0.4, -0.2) is 4.98 Å². The summed E-state index contributed by atoms with van der Waals surface area (Å²) in [7, 11) is 0. The maximum Gasteiger partial charge on any atom is 0.266 e. The second-order valence-electron chi connectivity index (χ2n) is 5.40. The number of aryl methyl sites for hydroxylation is 2. The standard InChI is InChI=1S/C18H13BrN4O/c1-10-3-8-15-16(11(2)14(9-20)18(24)21-15)17(10)23-22-13-6-4-12(19)5-7-13/h3-8H,1-2H3,(H,21,24). The van der Waals surface area contributed by atoms with E-state index in [1.165, 1.54) is 0 Å². The first kappa shape index (κ1) is 16.1. The third-order valence-corrected chi connectivity index (χ3v) is 4.34. The molecule has 1 heterocycles. The van der Waals surface area contributed by atoms with Crippen LogP contribution >= 0.6 is 15.9 Å². The number of rotatable bonds is 2. The van der Waals surface area contributed by atoms with Crippen LogP contribution in [0.25, 0.3) is 10.9 Å². The Morgan fingerprint density at radius 3 is 2.46 bits per heavy atom. The molecule has 0 aliphatic heterocycles. The number of H-pyrrole nitrogens is 1. The maximum atomic E-state index is 12.0. The van der Waals surface area contributed by atoms with E-state index in [4.69, 9.17) is 0 Å². The lowest BCUT2D eigenvalue weighted by Gasteiger charge is -2.09. The van der Waals surface area contributed by atoms with Crippen LogP contribution in [-0.2, 0) is 0 Å². The summed E-state index contributed by atoms with van der Waals surface area (Å²) in [4.78, 5) is 14.7. The third kappa shape index (κ3) is 2.86. The van der Waals surface area contributed by atoms with Crippen molar-refractivity contribution in [3.05, 3.63) is 67.9 Å². The topological polar surface area (TPSA) is 81.4 Å². The lowest BCUT2D eigenvalue weighted by Crippen LogP contribution is -2.12. The van der Waals surface area contributed by atoms with Crippen LogP contribution in [0, 0.1) is 25.2 Å². The van der Waals surface area contributed by atoms with Gasteiger partial charge in [-0.25, -0.2) is 0 Å². The van der Waals surface area contributed by atoms with Gasteiger partial charge in [-0.1, -0.05) is 22.0 Å². The first-order valence-corrected chi connectivity index (χ1v) is 8.04. The minimum Gasteiger partial charge on any atom is -0.321 e. The van der Waals surface area contributed by atoms with E-state index >= 15 is 0 Å². The fraction of sp³-hybridized carbons (Fsp3) is 0.111. The predicted molar refractivity (Wildman–Crippen MR) is 97.1 cm³/mol. The molecular weight excluding hydrogens is 368 g/mol. The Labute approximate surface area is 146 Å². The van der Waals surface area contributed by atoms with Gasteiger partial charge in [-0.2, -0.15) is 10.4 Å². The average Bonchev–Trinajstić information content (AvgIpc) is 2.56. The van der Waals surface area contributed by atoms with Gasteiger partial charge in [0.1, 0.15) is 11.6 Å². The minimum atomic E-state index is -0.387. The molecule has 0 amide bonds. The van der Waals surface area contributed by atoms with E-state index in [0.717, 1.165) is 21.1 Å². The highest BCUT2D eigenvalue weighted by Gasteiger charge is 2.13. The molecule has 118 valence electrons. The molecule has 0 fully saturated rings. The number of aromatic amines is 1. The number of pyridine rings is 1. The van der Waals surface area contributed by atoms with Crippen molar-refractivity contribution in [2.24, 2.45) is 10.2 Å². The highest BCUT2D eigenvalue weighted by atomic mass is 79.9. The Bertz CT molecular complexity index is 1060. The molecule has 24 heavy (non-hydrogen) atoms. The molecule has 6 heteroatoms. The Hall–Kier alpha value is -2.78. The van der Waals surface area contributed by atoms with Crippen LogP contribution in [0.1, 0.15) is 16.7 Å². The quantitative estimate of drug-likeness (QED) is 0.620. The molecule has 0 aliphatic carbocycles. The molecule has 0 unspecified atom stereocenters. The molecule has 1 N–H and O–H groups in total. The number of benzene rings is 2. The second-order valence-corrected chi connectivity index (χ2v) is 6.31. The van der Waals surface area contributed by atoms with Crippen LogP contribution < -0.4 is 5.56 Å². The molecule has 1 aromatic heterocycles. The Morgan fingerprint density at radius 2 is 1.79 bits per heavy atom. The van der Waals surface area contributed by atoms with Gasteiger partial charge in [0.15, 0.2) is 0 Å². The van der Waals surface area contributed by atoms with Gasteiger partial charge in [-0.3, -0.25) is 4.79 Å². The van der Waals surface area contributed by atoms with Crippen molar-refractivity contribution in [2.45, 2.75) is 13.8 Å². The number of hydrogen-bond acceptors (Lipinski definition) is 4. The molecular formula is C18H13BrN4O. The first-order valence-electron chi connectivity index (χ1n) is 7.25. The van der Waals surface area contributed by atoms with Gasteiger partial charge in [0, 0.05) is 9.86 Å². The number of nitrogens with zero attached hydrogens (tertiary/aromatic N) is 3. The molecule has 0 radical (unpaired) electrons. The summed E-state index contributed by atoms with van der Waals surface area (Å²) in [5, 5.41) is 18.6. The molecule has 3 rings (SSSR count). The number of nitriles is 1. The first-order chi connectivity index (χ1) is 11.5. The molecule has 0 spiro atoms. The zero-order chi connectivity index (χ0) is 17.3. The molecule has 0 saturated heterocycles. The summed E-state index contributed by atoms with van der Waals surface area (Å²) in [6, 6.07) is 13.1. The smallest absolute Gasteiger partial charge is 0.266 e. The SMILES string of the molecule is Cc1ccc2[nH]c(=O)c(C#N)c(C)c2c1N=Nc1ccc(Br)cc1. The molecule has 0 bridgehead atoms. The van der Waals surface area contributed by atoms with Gasteiger partial charge < -0.3 is 4.98 Å². The van der Waals surface area contributed by atoms with Crippen molar-refractivity contribution in [1.82, 2.24) is 4.98 Å². The van der Waals surface area contributed by atoms with Gasteiger partial charge in [-0.05, 0) is 55.3 Å². The fourth-order valence-corrected chi connectivity index (χ4v) is 2.80. The fourth-order valence-electron chi connectivity index (χ4n) is 2.54. The van der Waals surface area contributed by atoms with E-state index in [2.05, 4.69) is 31.1 Å². The zero-order valence-electron chi connectivity index (χ0n) is 13.1. The number of aromatic nitrogens is 1. The summed E-state index contributed by atoms with van der Waals surface area (Å²) in [5.74, 6) is 0. The van der Waals surface area contributed by atoms with Crippen molar-refractivity contribution >= 4 is 38.2 Å². The molecule has 0 atom stereocenters. The van der Waals surface area contributed by atoms with Gasteiger partial charge in [0.05, 0.1) is 16.9 Å². The van der Waals surface area contributed by atoms with E-state index in [0.29, 0.717) is 16.8 Å². The zero-order valence-corrected chi connectivity index (χ0v) is 14.7. The normalized spacial score (nSPS) is 11.1. The highest BCUT2D eigenvalue weighted by molar-refractivity contribution is 9.10. The average molecular weight is 381 g/mol. The molecule has 0 saturated carbocycles. The Balaban J connectivity index is 2.23. The monoisotopic (exact) mass is 380 g/mol. The summed E-state index contributed by atoms with van der Waals surface area (Å²) in [6.45, 7) is 3.68. The van der Waals surface area contributed by atoms with E-state index in [9.17, 15) is 10.1 Å². The van der Waals surface area contributed by atoms with Crippen molar-refractivity contribution in [1.29, 1.82) is 5.26 Å². The molecule has 3 aromatic rings. The van der Waals surface area contributed by atoms with Gasteiger partial charge in [0.2, 0.25) is 0 Å². The number of nitrogens with one attached hydrogen (secondary N) is 1. The number of hydrogen-bond donors (Lipinski definition) is 1. The van der Waals surface area contributed by atoms with Gasteiger partial charge in [-0.15, -0.1) is 5.11 Å². The van der Waals surface area contributed by atoms with E-state index in [-0.39, 0.29) is 11.1 Å². The Morgan fingerprint density at radius 1 is 1.08 bits per heavy atom. The lowest BCUT2D eigenvalue weighted by atomic mass is 10.0. The van der Waals surface area contributed by atoms with E-state index < -0.39 is 0 Å². The number of azo groups is 1. The summed E-state index contributed by atoms with van der Waals surface area (Å²) >= 11 is 3.38. The summed E-state index contributed by atoms with van der Waals surface area (Å²) in [5.41, 5.74) is 3.27. The second kappa shape index (κ2) is 6.38. The molecule has 0 aliphatic rings. The molecule has 5 nitrogen and oxygen atoms in total. The van der Waals surface area contributed by atoms with E-state index in [1.807, 2.05) is 49.4 Å². The lowest BCUT2D eigenvalue weighted by molar-refractivity contribution is 1.20. The predicted octanol–water partition coefficient (Wildman–Crippen LogP) is 5.19. The summed E-state index contributed by atoms with van der Waals surface area (Å²) < 4.78 is 0.967. The molecule has 2 aromatic carbocycles. The largest absolute Gasteiger partial charge is 0.321 e. The van der Waals surface area contributed by atoms with Gasteiger partial charge >= 0.3 is 0 Å². The van der Waals surface area contributed by atoms with Crippen molar-refractivity contribution < 1.29 is 0 Å². The Kier molecular flexibility index (Phi) is 4.28. The highest BCUT2D eigenvalue weighted by Crippen LogP contribution is 2.33. The van der Waals surface area contributed by atoms with Crippen molar-refractivity contribution in [3.63, 3.8) is 0 Å². The van der Waals surface area contributed by atoms with Crippen molar-refractivity contribution in [3.8, 4) is 6.07 Å². The minimum absolute atomic E-state index is 0.105. The summed E-state index contributed by atoms with van der Waals surface area (Å²) in [6.07, 6.45) is 0. The van der Waals surface area contributed by atoms with Crippen LogP contribution in [0.3, 0.4) is 0 Å². The van der Waals surface area contributed by atoms with Crippen LogP contribution in [0.15, 0.2) is 55.9 Å². The number of fused-ring (bicyclic) bond motifs is 1.